The van der Waals surface area contributed by atoms with E-state index in [1.807, 2.05) is 25.1 Å². The third-order valence-electron chi connectivity index (χ3n) is 4.22. The lowest BCUT2D eigenvalue weighted by atomic mass is 10.1. The summed E-state index contributed by atoms with van der Waals surface area (Å²) in [5, 5.41) is 7.03. The van der Waals surface area contributed by atoms with Crippen LogP contribution in [0.1, 0.15) is 30.0 Å². The molecule has 1 atom stereocenters. The molecule has 0 spiro atoms. The lowest BCUT2D eigenvalue weighted by molar-refractivity contribution is -0.116. The van der Waals surface area contributed by atoms with E-state index in [4.69, 9.17) is 0 Å². The molecule has 7 heteroatoms. The van der Waals surface area contributed by atoms with Gasteiger partial charge in [-0.05, 0) is 25.3 Å². The summed E-state index contributed by atoms with van der Waals surface area (Å²) >= 11 is 0. The van der Waals surface area contributed by atoms with E-state index in [2.05, 4.69) is 16.5 Å². The van der Waals surface area contributed by atoms with Crippen molar-refractivity contribution in [3.8, 4) is 0 Å². The number of benzene rings is 1. The molecule has 1 aliphatic rings. The maximum atomic E-state index is 12.2. The topological polar surface area (TPSA) is 81.1 Å². The second kappa shape index (κ2) is 6.76. The molecular weight excluding hydrogens is 326 g/mol. The molecule has 0 radical (unpaired) electrons. The van der Waals surface area contributed by atoms with Crippen molar-refractivity contribution in [2.75, 3.05) is 16.8 Å². The lowest BCUT2D eigenvalue weighted by Crippen LogP contribution is -2.19. The Morgan fingerprint density at radius 2 is 2.21 bits per heavy atom. The Hall–Kier alpha value is -2.15. The van der Waals surface area contributed by atoms with Crippen molar-refractivity contribution in [1.82, 2.24) is 9.78 Å². The molecular formula is C17H21N3O3S. The molecule has 2 heterocycles. The van der Waals surface area contributed by atoms with Gasteiger partial charge < -0.3 is 5.32 Å². The van der Waals surface area contributed by atoms with Crippen LogP contribution in [0.5, 0.6) is 0 Å². The molecule has 1 aromatic carbocycles. The minimum absolute atomic E-state index is 0.0842. The smallest absolute Gasteiger partial charge is 0.225 e. The second-order valence-corrected chi connectivity index (χ2v) is 8.48. The zero-order valence-electron chi connectivity index (χ0n) is 13.6. The fourth-order valence-corrected chi connectivity index (χ4v) is 4.70. The van der Waals surface area contributed by atoms with Crippen LogP contribution < -0.4 is 5.32 Å². The highest BCUT2D eigenvalue weighted by Crippen LogP contribution is 2.26. The quantitative estimate of drug-likeness (QED) is 0.898. The van der Waals surface area contributed by atoms with Gasteiger partial charge >= 0.3 is 0 Å². The van der Waals surface area contributed by atoms with E-state index in [0.717, 1.165) is 5.56 Å². The van der Waals surface area contributed by atoms with E-state index < -0.39 is 9.84 Å². The van der Waals surface area contributed by atoms with Crippen molar-refractivity contribution in [2.24, 2.45) is 0 Å². The van der Waals surface area contributed by atoms with Gasteiger partial charge in [-0.2, -0.15) is 5.10 Å². The number of aromatic nitrogens is 2. The summed E-state index contributed by atoms with van der Waals surface area (Å²) in [5.74, 6) is 0.726. The highest BCUT2D eigenvalue weighted by Gasteiger charge is 2.30. The average molecular weight is 347 g/mol. The number of nitrogens with zero attached hydrogens (tertiary/aromatic N) is 2. The summed E-state index contributed by atoms with van der Waals surface area (Å²) in [5.41, 5.74) is 2.30. The summed E-state index contributed by atoms with van der Waals surface area (Å²) in [6, 6.07) is 9.59. The monoisotopic (exact) mass is 347 g/mol. The van der Waals surface area contributed by atoms with Crippen LogP contribution >= 0.6 is 0 Å². The predicted octanol–water partition coefficient (Wildman–Crippen LogP) is 2.12. The van der Waals surface area contributed by atoms with Crippen LogP contribution in [-0.2, 0) is 21.1 Å². The van der Waals surface area contributed by atoms with E-state index in [9.17, 15) is 13.2 Å². The zero-order chi connectivity index (χ0) is 17.2. The van der Waals surface area contributed by atoms with E-state index >= 15 is 0 Å². The predicted molar refractivity (Wildman–Crippen MR) is 92.7 cm³/mol. The molecule has 0 unspecified atom stereocenters. The Labute approximate surface area is 141 Å². The van der Waals surface area contributed by atoms with Crippen molar-refractivity contribution in [2.45, 2.75) is 32.2 Å². The van der Waals surface area contributed by atoms with E-state index in [-0.39, 0.29) is 23.5 Å². The molecule has 3 rings (SSSR count). The first-order valence-corrected chi connectivity index (χ1v) is 9.84. The van der Waals surface area contributed by atoms with Gasteiger partial charge in [0.2, 0.25) is 5.91 Å². The number of sulfone groups is 1. The number of nitrogens with one attached hydrogen (secondary N) is 1. The number of rotatable bonds is 5. The summed E-state index contributed by atoms with van der Waals surface area (Å²) in [4.78, 5) is 12.2. The fourth-order valence-electron chi connectivity index (χ4n) is 3.00. The van der Waals surface area contributed by atoms with Crippen molar-refractivity contribution in [3.05, 3.63) is 47.7 Å². The van der Waals surface area contributed by atoms with Crippen LogP contribution in [0.3, 0.4) is 0 Å². The molecule has 0 aliphatic carbocycles. The maximum absolute atomic E-state index is 12.2. The minimum Gasteiger partial charge on any atom is -0.311 e. The number of anilines is 1. The minimum atomic E-state index is -2.99. The van der Waals surface area contributed by atoms with Crippen LogP contribution in [0.15, 0.2) is 36.5 Å². The van der Waals surface area contributed by atoms with Crippen LogP contribution in [0.2, 0.25) is 0 Å². The number of carbonyl (C=O) groups excluding carboxylic acids is 1. The maximum Gasteiger partial charge on any atom is 0.225 e. The Morgan fingerprint density at radius 3 is 2.92 bits per heavy atom. The number of amides is 1. The number of hydrogen-bond donors (Lipinski definition) is 1. The van der Waals surface area contributed by atoms with Gasteiger partial charge in [-0.3, -0.25) is 4.79 Å². The highest BCUT2D eigenvalue weighted by molar-refractivity contribution is 7.91. The third kappa shape index (κ3) is 4.03. The van der Waals surface area contributed by atoms with Crippen molar-refractivity contribution in [3.63, 3.8) is 0 Å². The molecule has 1 amide bonds. The van der Waals surface area contributed by atoms with E-state index in [0.29, 0.717) is 25.1 Å². The first-order valence-electron chi connectivity index (χ1n) is 8.02. The Bertz CT molecular complexity index is 842. The standard InChI is InChI=1S/C17H21N3O3S/c1-13-3-2-4-14(11-13)5-6-17(21)19-16-7-9-18-20(16)15-8-10-24(22,23)12-15/h2-4,7,9,11,15H,5-6,8,10,12H2,1H3,(H,19,21)/t15-/m0/s1. The number of hydrogen-bond acceptors (Lipinski definition) is 4. The fraction of sp³-hybridized carbons (Fsp3) is 0.412. The van der Waals surface area contributed by atoms with Gasteiger partial charge in [0, 0.05) is 12.5 Å². The molecule has 128 valence electrons. The first-order chi connectivity index (χ1) is 11.4. The highest BCUT2D eigenvalue weighted by atomic mass is 32.2. The molecule has 2 aromatic rings. The van der Waals surface area contributed by atoms with Gasteiger partial charge in [-0.15, -0.1) is 0 Å². The molecule has 1 aliphatic heterocycles. The van der Waals surface area contributed by atoms with Crippen LogP contribution in [0, 0.1) is 6.92 Å². The van der Waals surface area contributed by atoms with Crippen molar-refractivity contribution >= 4 is 21.6 Å². The van der Waals surface area contributed by atoms with E-state index in [1.54, 1.807) is 16.9 Å². The molecule has 6 nitrogen and oxygen atoms in total. The van der Waals surface area contributed by atoms with Gasteiger partial charge in [0.25, 0.3) is 0 Å². The summed E-state index contributed by atoms with van der Waals surface area (Å²) in [6.07, 6.45) is 3.16. The average Bonchev–Trinajstić information content (AvgIpc) is 3.11. The molecule has 1 aromatic heterocycles. The van der Waals surface area contributed by atoms with Gasteiger partial charge in [0.15, 0.2) is 9.84 Å². The first kappa shape index (κ1) is 16.7. The van der Waals surface area contributed by atoms with Gasteiger partial charge in [0.05, 0.1) is 23.7 Å². The zero-order valence-corrected chi connectivity index (χ0v) is 14.4. The Balaban J connectivity index is 1.60. The summed E-state index contributed by atoms with van der Waals surface area (Å²) < 4.78 is 24.9. The normalized spacial score (nSPS) is 19.3. The van der Waals surface area contributed by atoms with Gasteiger partial charge in [-0.25, -0.2) is 13.1 Å². The van der Waals surface area contributed by atoms with Crippen LogP contribution in [0.25, 0.3) is 0 Å². The SMILES string of the molecule is Cc1cccc(CCC(=O)Nc2ccnn2[C@H]2CCS(=O)(=O)C2)c1. The number of aryl methyl sites for hydroxylation is 2. The molecule has 1 N–H and O–H groups in total. The third-order valence-corrected chi connectivity index (χ3v) is 5.97. The second-order valence-electron chi connectivity index (χ2n) is 6.26. The van der Waals surface area contributed by atoms with Gasteiger partial charge in [-0.1, -0.05) is 29.8 Å². The summed E-state index contributed by atoms with van der Waals surface area (Å²) in [7, 11) is -2.99. The van der Waals surface area contributed by atoms with Crippen molar-refractivity contribution < 1.29 is 13.2 Å². The molecule has 24 heavy (non-hydrogen) atoms. The van der Waals surface area contributed by atoms with E-state index in [1.165, 1.54) is 5.56 Å². The van der Waals surface area contributed by atoms with Crippen molar-refractivity contribution in [1.29, 1.82) is 0 Å². The van der Waals surface area contributed by atoms with Crippen LogP contribution in [0.4, 0.5) is 5.82 Å². The summed E-state index contributed by atoms with van der Waals surface area (Å²) in [6.45, 7) is 2.03. The largest absolute Gasteiger partial charge is 0.311 e. The number of carbonyl (C=O) groups is 1. The van der Waals surface area contributed by atoms with Gasteiger partial charge in [0.1, 0.15) is 5.82 Å². The molecule has 0 saturated carbocycles. The molecule has 1 saturated heterocycles. The Kier molecular flexibility index (Phi) is 4.71. The molecule has 1 fully saturated rings. The Morgan fingerprint density at radius 1 is 1.38 bits per heavy atom. The lowest BCUT2D eigenvalue weighted by Gasteiger charge is -2.13. The molecule has 0 bridgehead atoms. The van der Waals surface area contributed by atoms with Crippen LogP contribution in [-0.4, -0.2) is 35.6 Å².